The summed E-state index contributed by atoms with van der Waals surface area (Å²) >= 11 is 0.730. The van der Waals surface area contributed by atoms with E-state index in [9.17, 15) is 4.79 Å². The lowest BCUT2D eigenvalue weighted by atomic mass is 9.55. The second kappa shape index (κ2) is 7.95. The van der Waals surface area contributed by atoms with Crippen LogP contribution >= 0.6 is 12.3 Å². The molecular weight excluding hydrogens is 376 g/mol. The SMILES string of the molecule is CN(C)Cc1cc2c(cc1OSOON)CCC1C2CCC2(C)C(=O)CCC12. The number of nitrogens with two attached hydrogens (primary N) is 1. The van der Waals surface area contributed by atoms with Gasteiger partial charge in [-0.1, -0.05) is 13.0 Å². The summed E-state index contributed by atoms with van der Waals surface area (Å²) in [5, 5.41) is 0. The quantitative estimate of drug-likeness (QED) is 0.332. The third kappa shape index (κ3) is 3.48. The van der Waals surface area contributed by atoms with E-state index in [-0.39, 0.29) is 5.41 Å². The maximum absolute atomic E-state index is 12.5. The zero-order valence-electron chi connectivity index (χ0n) is 16.9. The molecule has 28 heavy (non-hydrogen) atoms. The summed E-state index contributed by atoms with van der Waals surface area (Å²) in [6.07, 6.45) is 6.18. The van der Waals surface area contributed by atoms with Crippen LogP contribution in [0.5, 0.6) is 5.75 Å². The Labute approximate surface area is 171 Å². The fraction of sp³-hybridized carbons (Fsp3) is 0.667. The predicted octanol–water partition coefficient (Wildman–Crippen LogP) is 3.94. The van der Waals surface area contributed by atoms with E-state index < -0.39 is 0 Å². The average Bonchev–Trinajstić information content (AvgIpc) is 2.97. The summed E-state index contributed by atoms with van der Waals surface area (Å²) in [5.41, 5.74) is 3.88. The molecule has 4 rings (SSSR count). The molecule has 0 radical (unpaired) electrons. The first kappa shape index (κ1) is 20.2. The van der Waals surface area contributed by atoms with Crippen molar-refractivity contribution in [2.75, 3.05) is 14.1 Å². The Kier molecular flexibility index (Phi) is 5.73. The molecular formula is C21H30N2O4S. The minimum atomic E-state index is -0.0790. The number of carbonyl (C=O) groups is 1. The Hall–Kier alpha value is -1.12. The molecule has 154 valence electrons. The predicted molar refractivity (Wildman–Crippen MR) is 108 cm³/mol. The number of fused-ring (bicyclic) bond motifs is 5. The molecule has 1 aromatic carbocycles. The van der Waals surface area contributed by atoms with Gasteiger partial charge in [0, 0.05) is 23.9 Å². The van der Waals surface area contributed by atoms with Crippen molar-refractivity contribution in [1.82, 2.24) is 4.90 Å². The summed E-state index contributed by atoms with van der Waals surface area (Å²) in [7, 11) is 4.10. The number of rotatable bonds is 6. The Morgan fingerprint density at radius 2 is 2.07 bits per heavy atom. The normalized spacial score (nSPS) is 31.5. The van der Waals surface area contributed by atoms with Crippen LogP contribution in [0.25, 0.3) is 0 Å². The third-order valence-electron chi connectivity index (χ3n) is 7.29. The van der Waals surface area contributed by atoms with Crippen molar-refractivity contribution in [3.8, 4) is 5.75 Å². The van der Waals surface area contributed by atoms with Crippen LogP contribution in [0, 0.1) is 17.3 Å². The minimum absolute atomic E-state index is 0.0790. The zero-order valence-corrected chi connectivity index (χ0v) is 17.7. The topological polar surface area (TPSA) is 74.0 Å². The highest BCUT2D eigenvalue weighted by Crippen LogP contribution is 2.59. The Bertz CT molecular complexity index is 756. The Morgan fingerprint density at radius 3 is 2.82 bits per heavy atom. The number of nitrogens with zero attached hydrogens (tertiary/aromatic N) is 1. The van der Waals surface area contributed by atoms with Crippen LogP contribution in [0.2, 0.25) is 0 Å². The van der Waals surface area contributed by atoms with Crippen molar-refractivity contribution < 1.29 is 18.3 Å². The van der Waals surface area contributed by atoms with Crippen LogP contribution in [0.1, 0.15) is 61.6 Å². The number of Topliss-reactive ketones (excluding diaryl/α,β-unsaturated/α-hetero) is 1. The number of benzene rings is 1. The smallest absolute Gasteiger partial charge is 0.260 e. The van der Waals surface area contributed by atoms with Gasteiger partial charge in [0.1, 0.15) is 11.5 Å². The summed E-state index contributed by atoms with van der Waals surface area (Å²) in [6, 6.07) is 4.48. The van der Waals surface area contributed by atoms with E-state index in [1.807, 2.05) is 0 Å². The molecule has 3 aliphatic rings. The largest absolute Gasteiger partial charge is 0.398 e. The van der Waals surface area contributed by atoms with Crippen molar-refractivity contribution in [3.63, 3.8) is 0 Å². The maximum Gasteiger partial charge on any atom is 0.260 e. The Morgan fingerprint density at radius 1 is 1.25 bits per heavy atom. The van der Waals surface area contributed by atoms with Gasteiger partial charge in [-0.25, -0.2) is 0 Å². The first-order valence-corrected chi connectivity index (χ1v) is 10.8. The Balaban J connectivity index is 1.65. The van der Waals surface area contributed by atoms with E-state index in [1.165, 1.54) is 11.1 Å². The van der Waals surface area contributed by atoms with E-state index in [0.717, 1.165) is 68.7 Å². The summed E-state index contributed by atoms with van der Waals surface area (Å²) in [6.45, 7) is 3.01. The lowest BCUT2D eigenvalue weighted by molar-refractivity contribution is -0.199. The van der Waals surface area contributed by atoms with Gasteiger partial charge >= 0.3 is 0 Å². The van der Waals surface area contributed by atoms with Gasteiger partial charge in [-0.05, 0) is 81.1 Å². The molecule has 0 saturated heterocycles. The van der Waals surface area contributed by atoms with Crippen LogP contribution in [-0.2, 0) is 27.1 Å². The number of carbonyl (C=O) groups excluding carboxylic acids is 1. The van der Waals surface area contributed by atoms with Crippen molar-refractivity contribution in [2.45, 2.75) is 57.9 Å². The molecule has 6 nitrogen and oxygen atoms in total. The van der Waals surface area contributed by atoms with E-state index in [0.29, 0.717) is 23.5 Å². The molecule has 2 N–H and O–H groups in total. The number of aryl methyl sites for hydroxylation is 1. The first-order chi connectivity index (χ1) is 13.4. The highest BCUT2D eigenvalue weighted by Gasteiger charge is 2.54. The number of ketones is 1. The molecule has 0 heterocycles. The van der Waals surface area contributed by atoms with Crippen LogP contribution in [-0.4, -0.2) is 24.8 Å². The second-order valence-corrected chi connectivity index (χ2v) is 9.48. The van der Waals surface area contributed by atoms with Crippen molar-refractivity contribution >= 4 is 18.1 Å². The van der Waals surface area contributed by atoms with Gasteiger partial charge in [0.15, 0.2) is 0 Å². The molecule has 0 spiro atoms. The molecule has 4 atom stereocenters. The van der Waals surface area contributed by atoms with Crippen LogP contribution in [0.4, 0.5) is 0 Å². The fourth-order valence-electron chi connectivity index (χ4n) is 6.03. The van der Waals surface area contributed by atoms with Gasteiger partial charge in [0.05, 0.1) is 0 Å². The average molecular weight is 407 g/mol. The summed E-state index contributed by atoms with van der Waals surface area (Å²) < 4.78 is 10.3. The van der Waals surface area contributed by atoms with Gasteiger partial charge in [0.2, 0.25) is 0 Å². The van der Waals surface area contributed by atoms with Crippen molar-refractivity contribution in [1.29, 1.82) is 0 Å². The van der Waals surface area contributed by atoms with E-state index in [2.05, 4.69) is 47.4 Å². The number of hydrogen-bond donors (Lipinski definition) is 1. The van der Waals surface area contributed by atoms with Crippen LogP contribution in [0.3, 0.4) is 0 Å². The third-order valence-corrected chi connectivity index (χ3v) is 7.67. The highest BCUT2D eigenvalue weighted by molar-refractivity contribution is 7.90. The van der Waals surface area contributed by atoms with Gasteiger partial charge < -0.3 is 9.08 Å². The monoisotopic (exact) mass is 406 g/mol. The standard InChI is InChI=1S/C21H30N2O4S/c1-21-9-8-15-16(18(21)6-7-20(21)24)5-4-13-11-19(25-28-27-26-22)14(10-17(13)15)12-23(2)3/h10-11,15-16,18H,4-9,12,22H2,1-3H3. The van der Waals surface area contributed by atoms with Crippen LogP contribution < -0.4 is 10.1 Å². The maximum atomic E-state index is 12.5. The minimum Gasteiger partial charge on any atom is -0.398 e. The molecule has 0 bridgehead atoms. The molecule has 0 aromatic heterocycles. The van der Waals surface area contributed by atoms with Crippen molar-refractivity contribution in [2.24, 2.45) is 23.1 Å². The molecule has 2 fully saturated rings. The second-order valence-electron chi connectivity index (χ2n) is 9.05. The molecule has 2 saturated carbocycles. The molecule has 3 aliphatic carbocycles. The molecule has 1 aromatic rings. The highest BCUT2D eigenvalue weighted by atomic mass is 32.2. The zero-order chi connectivity index (χ0) is 19.9. The van der Waals surface area contributed by atoms with Gasteiger partial charge in [-0.3, -0.25) is 4.79 Å². The fourth-order valence-corrected chi connectivity index (χ4v) is 6.31. The summed E-state index contributed by atoms with van der Waals surface area (Å²) in [5.74, 6) is 7.92. The molecule has 7 heteroatoms. The van der Waals surface area contributed by atoms with E-state index in [1.54, 1.807) is 0 Å². The summed E-state index contributed by atoms with van der Waals surface area (Å²) in [4.78, 5) is 18.8. The van der Waals surface area contributed by atoms with Crippen LogP contribution in [0.15, 0.2) is 12.1 Å². The lowest BCUT2D eigenvalue weighted by Gasteiger charge is -2.48. The lowest BCUT2D eigenvalue weighted by Crippen LogP contribution is -2.42. The molecule has 0 amide bonds. The van der Waals surface area contributed by atoms with Crippen molar-refractivity contribution in [3.05, 3.63) is 28.8 Å². The van der Waals surface area contributed by atoms with Gasteiger partial charge in [-0.15, -0.1) is 9.32 Å². The first-order valence-electron chi connectivity index (χ1n) is 10.1. The molecule has 4 unspecified atom stereocenters. The number of hydrogen-bond acceptors (Lipinski definition) is 7. The van der Waals surface area contributed by atoms with E-state index >= 15 is 0 Å². The van der Waals surface area contributed by atoms with Gasteiger partial charge in [-0.2, -0.15) is 5.90 Å². The van der Waals surface area contributed by atoms with Gasteiger partial charge in [0.25, 0.3) is 12.3 Å². The van der Waals surface area contributed by atoms with E-state index in [4.69, 9.17) is 10.1 Å². The molecule has 0 aliphatic heterocycles.